The molecule has 1 saturated heterocycles. The van der Waals surface area contributed by atoms with Crippen molar-refractivity contribution in [2.45, 2.75) is 25.3 Å². The summed E-state index contributed by atoms with van der Waals surface area (Å²) >= 11 is 0. The molecule has 4 nitrogen and oxygen atoms in total. The number of hydrogen-bond donors (Lipinski definition) is 2. The van der Waals surface area contributed by atoms with Crippen molar-refractivity contribution >= 4 is 5.91 Å². The molecule has 0 aromatic carbocycles. The quantitative estimate of drug-likeness (QED) is 0.766. The summed E-state index contributed by atoms with van der Waals surface area (Å²) in [5.41, 5.74) is 0. The van der Waals surface area contributed by atoms with E-state index >= 15 is 0 Å². The van der Waals surface area contributed by atoms with Gasteiger partial charge in [0.25, 0.3) is 5.91 Å². The number of carbonyl (C=O) groups excluding carboxylic acids is 1. The predicted octanol–water partition coefficient (Wildman–Crippen LogP) is 1.15. The van der Waals surface area contributed by atoms with Crippen molar-refractivity contribution in [2.75, 3.05) is 13.1 Å². The zero-order chi connectivity index (χ0) is 10.5. The Kier molecular flexibility index (Phi) is 3.40. The summed E-state index contributed by atoms with van der Waals surface area (Å²) in [5, 5.41) is 6.30. The summed E-state index contributed by atoms with van der Waals surface area (Å²) in [4.78, 5) is 11.7. The standard InChI is InChI=1S/C11H16N2O2/c14-11(10-4-2-8-15-10)13-9-3-1-6-12-7-5-9/h2,4,8-9,12H,1,3,5-7H2,(H,13,14). The fourth-order valence-electron chi connectivity index (χ4n) is 1.83. The molecular formula is C11H16N2O2. The van der Waals surface area contributed by atoms with Crippen LogP contribution in [-0.2, 0) is 0 Å². The molecule has 2 rings (SSSR count). The van der Waals surface area contributed by atoms with Gasteiger partial charge in [-0.1, -0.05) is 0 Å². The number of rotatable bonds is 2. The summed E-state index contributed by atoms with van der Waals surface area (Å²) in [5.74, 6) is 0.291. The molecule has 1 unspecified atom stereocenters. The van der Waals surface area contributed by atoms with Crippen molar-refractivity contribution in [1.82, 2.24) is 10.6 Å². The first kappa shape index (κ1) is 10.2. The second-order valence-electron chi connectivity index (χ2n) is 3.83. The Labute approximate surface area is 89.0 Å². The fraction of sp³-hybridized carbons (Fsp3) is 0.545. The zero-order valence-corrected chi connectivity index (χ0v) is 8.66. The lowest BCUT2D eigenvalue weighted by atomic mass is 10.1. The molecule has 2 N–H and O–H groups in total. The van der Waals surface area contributed by atoms with Crippen LogP contribution in [0.15, 0.2) is 22.8 Å². The third kappa shape index (κ3) is 2.83. The van der Waals surface area contributed by atoms with Gasteiger partial charge in [-0.3, -0.25) is 4.79 Å². The summed E-state index contributed by atoms with van der Waals surface area (Å²) in [6, 6.07) is 3.69. The van der Waals surface area contributed by atoms with E-state index in [2.05, 4.69) is 10.6 Å². The summed E-state index contributed by atoms with van der Waals surface area (Å²) in [7, 11) is 0. The van der Waals surface area contributed by atoms with Gasteiger partial charge in [-0.2, -0.15) is 0 Å². The van der Waals surface area contributed by atoms with Gasteiger partial charge in [-0.15, -0.1) is 0 Å². The van der Waals surface area contributed by atoms with E-state index in [9.17, 15) is 4.79 Å². The molecule has 1 amide bonds. The Hall–Kier alpha value is -1.29. The van der Waals surface area contributed by atoms with Crippen LogP contribution in [0.25, 0.3) is 0 Å². The second-order valence-corrected chi connectivity index (χ2v) is 3.83. The molecule has 1 aliphatic rings. The third-order valence-electron chi connectivity index (χ3n) is 2.66. The normalized spacial score (nSPS) is 22.0. The van der Waals surface area contributed by atoms with Crippen LogP contribution in [0.4, 0.5) is 0 Å². The SMILES string of the molecule is O=C(NC1CCCNCC1)c1ccco1. The molecule has 15 heavy (non-hydrogen) atoms. The zero-order valence-electron chi connectivity index (χ0n) is 8.66. The molecule has 2 heterocycles. The van der Waals surface area contributed by atoms with E-state index in [1.54, 1.807) is 12.1 Å². The van der Waals surface area contributed by atoms with Crippen molar-refractivity contribution < 1.29 is 9.21 Å². The van der Waals surface area contributed by atoms with Crippen LogP contribution in [0.1, 0.15) is 29.8 Å². The van der Waals surface area contributed by atoms with Crippen molar-refractivity contribution in [3.05, 3.63) is 24.2 Å². The molecule has 1 atom stereocenters. The smallest absolute Gasteiger partial charge is 0.287 e. The van der Waals surface area contributed by atoms with Crippen LogP contribution < -0.4 is 10.6 Å². The highest BCUT2D eigenvalue weighted by Crippen LogP contribution is 2.07. The van der Waals surface area contributed by atoms with E-state index in [0.717, 1.165) is 32.4 Å². The van der Waals surface area contributed by atoms with E-state index in [0.29, 0.717) is 5.76 Å². The molecule has 82 valence electrons. The number of carbonyl (C=O) groups is 1. The Morgan fingerprint density at radius 1 is 1.47 bits per heavy atom. The van der Waals surface area contributed by atoms with Crippen molar-refractivity contribution in [1.29, 1.82) is 0 Å². The summed E-state index contributed by atoms with van der Waals surface area (Å²) < 4.78 is 5.04. The summed E-state index contributed by atoms with van der Waals surface area (Å²) in [6.07, 6.45) is 4.67. The maximum atomic E-state index is 11.7. The molecule has 0 radical (unpaired) electrons. The molecule has 0 spiro atoms. The third-order valence-corrected chi connectivity index (χ3v) is 2.66. The molecule has 0 aliphatic carbocycles. The average molecular weight is 208 g/mol. The molecule has 0 bridgehead atoms. The Bertz CT molecular complexity index is 300. The average Bonchev–Trinajstić information content (AvgIpc) is 2.65. The lowest BCUT2D eigenvalue weighted by molar-refractivity contribution is 0.0906. The number of nitrogens with one attached hydrogen (secondary N) is 2. The Balaban J connectivity index is 1.87. The minimum Gasteiger partial charge on any atom is -0.459 e. The molecule has 1 aromatic heterocycles. The van der Waals surface area contributed by atoms with Gasteiger partial charge in [0.15, 0.2) is 5.76 Å². The van der Waals surface area contributed by atoms with Gasteiger partial charge >= 0.3 is 0 Å². The van der Waals surface area contributed by atoms with Gasteiger partial charge in [0.1, 0.15) is 0 Å². The van der Waals surface area contributed by atoms with Crippen LogP contribution in [0.5, 0.6) is 0 Å². The Morgan fingerprint density at radius 3 is 3.20 bits per heavy atom. The van der Waals surface area contributed by atoms with Gasteiger partial charge in [0, 0.05) is 6.04 Å². The van der Waals surface area contributed by atoms with Gasteiger partial charge < -0.3 is 15.1 Å². The molecule has 1 aromatic rings. The van der Waals surface area contributed by atoms with Crippen LogP contribution in [0.3, 0.4) is 0 Å². The number of hydrogen-bond acceptors (Lipinski definition) is 3. The first-order valence-corrected chi connectivity index (χ1v) is 5.41. The predicted molar refractivity (Wildman–Crippen MR) is 56.7 cm³/mol. The molecule has 0 saturated carbocycles. The van der Waals surface area contributed by atoms with Crippen LogP contribution in [0, 0.1) is 0 Å². The van der Waals surface area contributed by atoms with Crippen molar-refractivity contribution in [3.63, 3.8) is 0 Å². The van der Waals surface area contributed by atoms with Crippen molar-refractivity contribution in [2.24, 2.45) is 0 Å². The number of furan rings is 1. The van der Waals surface area contributed by atoms with Gasteiger partial charge in [0.05, 0.1) is 6.26 Å². The van der Waals surface area contributed by atoms with Crippen LogP contribution in [-0.4, -0.2) is 25.0 Å². The van der Waals surface area contributed by atoms with E-state index in [-0.39, 0.29) is 11.9 Å². The monoisotopic (exact) mass is 208 g/mol. The van der Waals surface area contributed by atoms with E-state index in [1.165, 1.54) is 6.26 Å². The number of amides is 1. The Morgan fingerprint density at radius 2 is 2.40 bits per heavy atom. The topological polar surface area (TPSA) is 54.3 Å². The molecule has 1 fully saturated rings. The molecular weight excluding hydrogens is 192 g/mol. The van der Waals surface area contributed by atoms with Gasteiger partial charge in [-0.25, -0.2) is 0 Å². The molecule has 4 heteroatoms. The highest BCUT2D eigenvalue weighted by molar-refractivity contribution is 5.91. The first-order valence-electron chi connectivity index (χ1n) is 5.41. The lowest BCUT2D eigenvalue weighted by Gasteiger charge is -2.14. The van der Waals surface area contributed by atoms with Crippen LogP contribution >= 0.6 is 0 Å². The van der Waals surface area contributed by atoms with Crippen molar-refractivity contribution in [3.8, 4) is 0 Å². The maximum Gasteiger partial charge on any atom is 0.287 e. The second kappa shape index (κ2) is 4.98. The first-order chi connectivity index (χ1) is 7.36. The van der Waals surface area contributed by atoms with Gasteiger partial charge in [-0.05, 0) is 44.5 Å². The van der Waals surface area contributed by atoms with E-state index in [1.807, 2.05) is 0 Å². The van der Waals surface area contributed by atoms with Crippen LogP contribution in [0.2, 0.25) is 0 Å². The highest BCUT2D eigenvalue weighted by Gasteiger charge is 2.16. The molecule has 1 aliphatic heterocycles. The highest BCUT2D eigenvalue weighted by atomic mass is 16.3. The van der Waals surface area contributed by atoms with E-state index in [4.69, 9.17) is 4.42 Å². The maximum absolute atomic E-state index is 11.7. The van der Waals surface area contributed by atoms with E-state index < -0.39 is 0 Å². The lowest BCUT2D eigenvalue weighted by Crippen LogP contribution is -2.35. The fourth-order valence-corrected chi connectivity index (χ4v) is 1.83. The van der Waals surface area contributed by atoms with Gasteiger partial charge in [0.2, 0.25) is 0 Å². The minimum atomic E-state index is -0.105. The largest absolute Gasteiger partial charge is 0.459 e. The minimum absolute atomic E-state index is 0.105. The summed E-state index contributed by atoms with van der Waals surface area (Å²) in [6.45, 7) is 2.02.